The van der Waals surface area contributed by atoms with E-state index in [4.69, 9.17) is 37.0 Å². The van der Waals surface area contributed by atoms with E-state index in [9.17, 15) is 43.2 Å². The molecule has 0 saturated heterocycles. The molecule has 0 aliphatic heterocycles. The lowest BCUT2D eigenvalue weighted by Gasteiger charge is -2.21. The number of phosphoric ester groups is 2. The summed E-state index contributed by atoms with van der Waals surface area (Å²) < 4.78 is 68.5. The van der Waals surface area contributed by atoms with Gasteiger partial charge in [-0.3, -0.25) is 37.3 Å². The third-order valence-corrected chi connectivity index (χ3v) is 19.3. The Labute approximate surface area is 575 Å². The number of carbonyl (C=O) groups is 4. The average Bonchev–Trinajstić information content (AvgIpc) is 1.55. The molecule has 0 fully saturated rings. The summed E-state index contributed by atoms with van der Waals surface area (Å²) in [6, 6.07) is 0. The summed E-state index contributed by atoms with van der Waals surface area (Å²) in [6.07, 6.45) is 51.4. The third kappa shape index (κ3) is 68.6. The van der Waals surface area contributed by atoms with Gasteiger partial charge in [0.05, 0.1) is 26.4 Å². The van der Waals surface area contributed by atoms with E-state index in [-0.39, 0.29) is 25.7 Å². The van der Waals surface area contributed by atoms with E-state index in [1.807, 2.05) is 0 Å². The molecule has 0 bridgehead atoms. The van der Waals surface area contributed by atoms with Crippen LogP contribution >= 0.6 is 15.6 Å². The van der Waals surface area contributed by atoms with E-state index in [1.165, 1.54) is 186 Å². The maximum absolute atomic E-state index is 13.1. The molecule has 17 nitrogen and oxygen atoms in total. The molecule has 0 aliphatic rings. The lowest BCUT2D eigenvalue weighted by molar-refractivity contribution is -0.161. The van der Waals surface area contributed by atoms with Crippen molar-refractivity contribution < 1.29 is 80.2 Å². The van der Waals surface area contributed by atoms with Gasteiger partial charge in [-0.2, -0.15) is 0 Å². The Bertz CT molecular complexity index is 1840. The monoisotopic (exact) mass is 1380 g/mol. The molecule has 0 spiro atoms. The summed E-state index contributed by atoms with van der Waals surface area (Å²) in [5.41, 5.74) is 0. The first-order chi connectivity index (χ1) is 45.2. The fraction of sp³-hybridized carbons (Fsp3) is 0.947. The highest BCUT2D eigenvalue weighted by Crippen LogP contribution is 2.45. The van der Waals surface area contributed by atoms with Crippen LogP contribution in [0.4, 0.5) is 0 Å². The van der Waals surface area contributed by atoms with E-state index in [1.54, 1.807) is 0 Å². The van der Waals surface area contributed by atoms with Crippen molar-refractivity contribution in [2.75, 3.05) is 39.6 Å². The third-order valence-electron chi connectivity index (χ3n) is 17.4. The molecule has 2 unspecified atom stereocenters. The van der Waals surface area contributed by atoms with Crippen molar-refractivity contribution >= 4 is 39.5 Å². The van der Waals surface area contributed by atoms with Gasteiger partial charge in [0.2, 0.25) is 0 Å². The fourth-order valence-corrected chi connectivity index (χ4v) is 13.0. The topological polar surface area (TPSA) is 237 Å². The van der Waals surface area contributed by atoms with Crippen LogP contribution in [-0.4, -0.2) is 96.7 Å². The molecular weight excluding hydrogens is 1230 g/mol. The van der Waals surface area contributed by atoms with Crippen molar-refractivity contribution in [3.63, 3.8) is 0 Å². The number of carbonyl (C=O) groups excluding carboxylic acids is 4. The maximum atomic E-state index is 13.1. The van der Waals surface area contributed by atoms with Crippen LogP contribution in [0.15, 0.2) is 0 Å². The summed E-state index contributed by atoms with van der Waals surface area (Å²) in [5, 5.41) is 10.6. The minimum atomic E-state index is -4.96. The summed E-state index contributed by atoms with van der Waals surface area (Å²) in [7, 11) is -9.91. The van der Waals surface area contributed by atoms with Crippen LogP contribution in [0.25, 0.3) is 0 Å². The number of aliphatic hydroxyl groups excluding tert-OH is 1. The van der Waals surface area contributed by atoms with E-state index in [2.05, 4.69) is 48.5 Å². The van der Waals surface area contributed by atoms with Crippen LogP contribution in [0.3, 0.4) is 0 Å². The molecule has 0 rings (SSSR count). The Kier molecular flexibility index (Phi) is 64.3. The van der Waals surface area contributed by atoms with Gasteiger partial charge in [0, 0.05) is 25.7 Å². The number of rotatable bonds is 73. The zero-order valence-electron chi connectivity index (χ0n) is 61.4. The molecule has 0 saturated carbocycles. The Balaban J connectivity index is 5.24. The van der Waals surface area contributed by atoms with Crippen molar-refractivity contribution in [2.45, 2.75) is 401 Å². The fourth-order valence-electron chi connectivity index (χ4n) is 11.4. The molecular formula is C75H146O17P2. The summed E-state index contributed by atoms with van der Waals surface area (Å²) in [6.45, 7) is 11.8. The largest absolute Gasteiger partial charge is 0.472 e. The average molecular weight is 1380 g/mol. The molecule has 558 valence electrons. The van der Waals surface area contributed by atoms with E-state index < -0.39 is 97.5 Å². The highest BCUT2D eigenvalue weighted by molar-refractivity contribution is 7.47. The van der Waals surface area contributed by atoms with E-state index >= 15 is 0 Å². The van der Waals surface area contributed by atoms with Crippen LogP contribution in [0.5, 0.6) is 0 Å². The lowest BCUT2D eigenvalue weighted by Crippen LogP contribution is -2.30. The quantitative estimate of drug-likeness (QED) is 0.0222. The van der Waals surface area contributed by atoms with Gasteiger partial charge in [0.15, 0.2) is 12.2 Å². The first-order valence-electron chi connectivity index (χ1n) is 38.8. The van der Waals surface area contributed by atoms with Gasteiger partial charge in [-0.15, -0.1) is 0 Å². The normalized spacial score (nSPS) is 14.1. The van der Waals surface area contributed by atoms with Crippen LogP contribution in [0, 0.1) is 17.8 Å². The molecule has 0 aromatic heterocycles. The van der Waals surface area contributed by atoms with Gasteiger partial charge in [0.25, 0.3) is 0 Å². The molecule has 19 heteroatoms. The van der Waals surface area contributed by atoms with E-state index in [0.717, 1.165) is 108 Å². The van der Waals surface area contributed by atoms with Gasteiger partial charge < -0.3 is 33.8 Å². The number of esters is 4. The van der Waals surface area contributed by atoms with Crippen LogP contribution < -0.4 is 0 Å². The SMILES string of the molecule is CCCCCCCCCCCCCCCC(=O)O[C@H](COC(=O)CCCCCCCCC(C)C)COP(=O)(O)OC[C@H](O)COP(=O)(O)OC[C@@H](COC(=O)CCCCCCCCCCCCCCC(C)C)OC(=O)CCCCCCCCCCCCCCCCC(C)C. The first kappa shape index (κ1) is 92.1. The molecule has 5 atom stereocenters. The number of phosphoric acid groups is 2. The predicted molar refractivity (Wildman–Crippen MR) is 381 cm³/mol. The lowest BCUT2D eigenvalue weighted by atomic mass is 10.0. The molecule has 94 heavy (non-hydrogen) atoms. The highest BCUT2D eigenvalue weighted by Gasteiger charge is 2.30. The Morgan fingerprint density at radius 2 is 0.489 bits per heavy atom. The second kappa shape index (κ2) is 65.7. The molecule has 0 aromatic rings. The second-order valence-electron chi connectivity index (χ2n) is 28.5. The number of hydrogen-bond acceptors (Lipinski definition) is 15. The Hall–Kier alpha value is -1.94. The van der Waals surface area contributed by atoms with Gasteiger partial charge in [-0.05, 0) is 43.4 Å². The standard InChI is InChI=1S/C75H146O17P2/c1-8-9-10-11-12-13-14-17-25-30-35-44-51-58-75(80)92-71(63-86-73(78)57-50-43-38-37-41-48-55-68(6)7)65-90-94(83,84)88-61-69(76)60-87-93(81,82)89-64-70(62-85-72(77)56-49-42-34-29-24-21-20-23-28-33-40-47-54-67(4)5)91-74(79)59-52-45-36-31-26-19-16-15-18-22-27-32-39-46-53-66(2)3/h66-71,76H,8-65H2,1-7H3,(H,81,82)(H,83,84)/t69-,70-,71-/m1/s1. The predicted octanol–water partition coefficient (Wildman–Crippen LogP) is 21.8. The molecule has 0 heterocycles. The van der Waals surface area contributed by atoms with Gasteiger partial charge in [0.1, 0.15) is 19.3 Å². The Morgan fingerprint density at radius 3 is 0.723 bits per heavy atom. The minimum Gasteiger partial charge on any atom is -0.462 e. The summed E-state index contributed by atoms with van der Waals surface area (Å²) >= 11 is 0. The number of hydrogen-bond donors (Lipinski definition) is 3. The van der Waals surface area contributed by atoms with Gasteiger partial charge >= 0.3 is 39.5 Å². The van der Waals surface area contributed by atoms with Crippen molar-refractivity contribution in [3.8, 4) is 0 Å². The first-order valence-corrected chi connectivity index (χ1v) is 41.8. The molecule has 0 aromatic carbocycles. The number of unbranched alkanes of at least 4 members (excludes halogenated alkanes) is 41. The van der Waals surface area contributed by atoms with Gasteiger partial charge in [-0.1, -0.05) is 331 Å². The van der Waals surface area contributed by atoms with E-state index in [0.29, 0.717) is 31.6 Å². The molecule has 0 radical (unpaired) electrons. The van der Waals surface area contributed by atoms with Crippen LogP contribution in [0.2, 0.25) is 0 Å². The molecule has 0 amide bonds. The molecule has 3 N–H and O–H groups in total. The minimum absolute atomic E-state index is 0.106. The zero-order valence-corrected chi connectivity index (χ0v) is 63.2. The Morgan fingerprint density at radius 1 is 0.287 bits per heavy atom. The highest BCUT2D eigenvalue weighted by atomic mass is 31.2. The van der Waals surface area contributed by atoms with Crippen molar-refractivity contribution in [1.29, 1.82) is 0 Å². The van der Waals surface area contributed by atoms with Crippen molar-refractivity contribution in [2.24, 2.45) is 17.8 Å². The van der Waals surface area contributed by atoms with Crippen molar-refractivity contribution in [1.82, 2.24) is 0 Å². The molecule has 0 aliphatic carbocycles. The van der Waals surface area contributed by atoms with Crippen LogP contribution in [-0.2, 0) is 65.4 Å². The summed E-state index contributed by atoms with van der Waals surface area (Å²) in [4.78, 5) is 72.7. The van der Waals surface area contributed by atoms with Crippen LogP contribution in [0.1, 0.15) is 382 Å². The zero-order chi connectivity index (χ0) is 69.4. The maximum Gasteiger partial charge on any atom is 0.472 e. The van der Waals surface area contributed by atoms with Gasteiger partial charge in [-0.25, -0.2) is 9.13 Å². The second-order valence-corrected chi connectivity index (χ2v) is 31.4. The smallest absolute Gasteiger partial charge is 0.462 e. The summed E-state index contributed by atoms with van der Waals surface area (Å²) in [5.74, 6) is 0.137. The number of ether oxygens (including phenoxy) is 4. The van der Waals surface area contributed by atoms with Crippen molar-refractivity contribution in [3.05, 3.63) is 0 Å². The number of aliphatic hydroxyl groups is 1.